The van der Waals surface area contributed by atoms with E-state index in [-0.39, 0.29) is 11.5 Å². The molecule has 2 atom stereocenters. The highest BCUT2D eigenvalue weighted by Gasteiger charge is 2.60. The summed E-state index contributed by atoms with van der Waals surface area (Å²) in [4.78, 5) is 13.5. The van der Waals surface area contributed by atoms with Crippen LogP contribution in [0.4, 0.5) is 4.79 Å². The lowest BCUT2D eigenvalue weighted by Gasteiger charge is -2.25. The van der Waals surface area contributed by atoms with Crippen molar-refractivity contribution in [3.05, 3.63) is 0 Å². The van der Waals surface area contributed by atoms with Crippen molar-refractivity contribution in [1.29, 1.82) is 0 Å². The van der Waals surface area contributed by atoms with E-state index in [0.29, 0.717) is 12.5 Å². The molecule has 0 spiro atoms. The van der Waals surface area contributed by atoms with Crippen molar-refractivity contribution in [2.75, 3.05) is 13.1 Å². The second-order valence-corrected chi connectivity index (χ2v) is 5.56. The summed E-state index contributed by atoms with van der Waals surface area (Å²) >= 11 is 0. The van der Waals surface area contributed by atoms with Crippen molar-refractivity contribution in [2.45, 2.75) is 32.8 Å². The first-order chi connectivity index (χ1) is 6.86. The standard InChI is InChI=1S/C12H17NO2/c1-5-12-6-9(12)7-13(8-12)10(14)15-11(2,3)4/h1,9H,6-8H2,2-4H3/t9-,12+/m1/s1. The molecule has 1 aliphatic heterocycles. The van der Waals surface area contributed by atoms with Gasteiger partial charge in [0.25, 0.3) is 0 Å². The number of hydrogen-bond donors (Lipinski definition) is 0. The number of carbonyl (C=O) groups is 1. The summed E-state index contributed by atoms with van der Waals surface area (Å²) in [6, 6.07) is 0. The maximum absolute atomic E-state index is 11.7. The van der Waals surface area contributed by atoms with Crippen LogP contribution in [-0.2, 0) is 4.74 Å². The Bertz CT molecular complexity index is 337. The number of ether oxygens (including phenoxy) is 1. The van der Waals surface area contributed by atoms with Gasteiger partial charge in [0.1, 0.15) is 5.60 Å². The van der Waals surface area contributed by atoms with Crippen LogP contribution in [0.15, 0.2) is 0 Å². The molecule has 3 heteroatoms. The van der Waals surface area contributed by atoms with Gasteiger partial charge in [0.05, 0.1) is 5.41 Å². The molecule has 82 valence electrons. The zero-order valence-corrected chi connectivity index (χ0v) is 9.54. The van der Waals surface area contributed by atoms with Gasteiger partial charge < -0.3 is 9.64 Å². The third-order valence-electron chi connectivity index (χ3n) is 3.08. The molecule has 2 rings (SSSR count). The van der Waals surface area contributed by atoms with Gasteiger partial charge in [-0.3, -0.25) is 0 Å². The molecule has 0 aromatic heterocycles. The maximum Gasteiger partial charge on any atom is 0.410 e. The summed E-state index contributed by atoms with van der Waals surface area (Å²) in [5.74, 6) is 3.32. The Morgan fingerprint density at radius 2 is 2.27 bits per heavy atom. The van der Waals surface area contributed by atoms with E-state index in [0.717, 1.165) is 13.0 Å². The third-order valence-corrected chi connectivity index (χ3v) is 3.08. The number of rotatable bonds is 0. The van der Waals surface area contributed by atoms with Crippen LogP contribution < -0.4 is 0 Å². The molecule has 0 bridgehead atoms. The lowest BCUT2D eigenvalue weighted by molar-refractivity contribution is 0.0268. The summed E-state index contributed by atoms with van der Waals surface area (Å²) in [6.45, 7) is 7.05. The van der Waals surface area contributed by atoms with Crippen LogP contribution in [0, 0.1) is 23.7 Å². The van der Waals surface area contributed by atoms with Crippen LogP contribution in [0.2, 0.25) is 0 Å². The Labute approximate surface area is 90.8 Å². The van der Waals surface area contributed by atoms with Crippen molar-refractivity contribution in [2.24, 2.45) is 11.3 Å². The number of fused-ring (bicyclic) bond motifs is 1. The molecule has 0 N–H and O–H groups in total. The van der Waals surface area contributed by atoms with E-state index in [1.807, 2.05) is 20.8 Å². The normalized spacial score (nSPS) is 33.2. The molecule has 15 heavy (non-hydrogen) atoms. The molecule has 1 amide bonds. The molecular weight excluding hydrogens is 190 g/mol. The van der Waals surface area contributed by atoms with Crippen LogP contribution in [0.3, 0.4) is 0 Å². The van der Waals surface area contributed by atoms with E-state index in [9.17, 15) is 4.79 Å². The average molecular weight is 207 g/mol. The molecule has 0 aromatic carbocycles. The van der Waals surface area contributed by atoms with Crippen molar-refractivity contribution >= 4 is 6.09 Å². The highest BCUT2D eigenvalue weighted by molar-refractivity contribution is 5.69. The fraction of sp³-hybridized carbons (Fsp3) is 0.750. The fourth-order valence-corrected chi connectivity index (χ4v) is 2.17. The topological polar surface area (TPSA) is 29.5 Å². The van der Waals surface area contributed by atoms with E-state index >= 15 is 0 Å². The minimum absolute atomic E-state index is 0.0170. The summed E-state index contributed by atoms with van der Waals surface area (Å²) in [5, 5.41) is 0. The van der Waals surface area contributed by atoms with Crippen LogP contribution in [0.5, 0.6) is 0 Å². The first kappa shape index (κ1) is 10.4. The quantitative estimate of drug-likeness (QED) is 0.567. The largest absolute Gasteiger partial charge is 0.444 e. The van der Waals surface area contributed by atoms with Gasteiger partial charge >= 0.3 is 6.09 Å². The van der Waals surface area contributed by atoms with Crippen molar-refractivity contribution in [3.8, 4) is 12.3 Å². The van der Waals surface area contributed by atoms with E-state index in [2.05, 4.69) is 5.92 Å². The van der Waals surface area contributed by atoms with Crippen molar-refractivity contribution < 1.29 is 9.53 Å². The van der Waals surface area contributed by atoms with Crippen molar-refractivity contribution in [1.82, 2.24) is 4.90 Å². The fourth-order valence-electron chi connectivity index (χ4n) is 2.17. The number of piperidine rings is 1. The van der Waals surface area contributed by atoms with Gasteiger partial charge in [0.15, 0.2) is 0 Å². The van der Waals surface area contributed by atoms with Gasteiger partial charge in [-0.1, -0.05) is 5.92 Å². The number of nitrogens with zero attached hydrogens (tertiary/aromatic N) is 1. The molecule has 2 fully saturated rings. The van der Waals surface area contributed by atoms with Crippen LogP contribution >= 0.6 is 0 Å². The van der Waals surface area contributed by atoms with Gasteiger partial charge in [0, 0.05) is 13.1 Å². The lowest BCUT2D eigenvalue weighted by Crippen LogP contribution is -2.37. The Morgan fingerprint density at radius 3 is 2.73 bits per heavy atom. The Morgan fingerprint density at radius 1 is 1.60 bits per heavy atom. The number of terminal acetylenes is 1. The summed E-state index contributed by atoms with van der Waals surface area (Å²) in [7, 11) is 0. The van der Waals surface area contributed by atoms with E-state index in [1.165, 1.54) is 0 Å². The van der Waals surface area contributed by atoms with Crippen molar-refractivity contribution in [3.63, 3.8) is 0 Å². The Hall–Kier alpha value is -1.17. The SMILES string of the molecule is C#C[C@@]12C[C@@H]1CN(C(=O)OC(C)(C)C)C2. The Kier molecular flexibility index (Phi) is 2.01. The van der Waals surface area contributed by atoms with Crippen LogP contribution in [-0.4, -0.2) is 29.7 Å². The average Bonchev–Trinajstić information content (AvgIpc) is 2.66. The highest BCUT2D eigenvalue weighted by atomic mass is 16.6. The molecule has 0 aromatic rings. The maximum atomic E-state index is 11.7. The molecular formula is C12H17NO2. The molecule has 1 aliphatic carbocycles. The lowest BCUT2D eigenvalue weighted by atomic mass is 10.1. The van der Waals surface area contributed by atoms with Gasteiger partial charge in [-0.25, -0.2) is 4.79 Å². The molecule has 1 saturated carbocycles. The summed E-state index contributed by atoms with van der Waals surface area (Å²) < 4.78 is 5.30. The number of carbonyl (C=O) groups excluding carboxylic acids is 1. The number of hydrogen-bond acceptors (Lipinski definition) is 2. The zero-order valence-electron chi connectivity index (χ0n) is 9.54. The van der Waals surface area contributed by atoms with Crippen LogP contribution in [0.25, 0.3) is 0 Å². The van der Waals surface area contributed by atoms with Gasteiger partial charge in [-0.2, -0.15) is 0 Å². The molecule has 1 heterocycles. The predicted octanol–water partition coefficient (Wildman–Crippen LogP) is 1.88. The molecule has 3 nitrogen and oxygen atoms in total. The van der Waals surface area contributed by atoms with E-state index in [1.54, 1.807) is 4.90 Å². The molecule has 0 radical (unpaired) electrons. The minimum Gasteiger partial charge on any atom is -0.444 e. The van der Waals surface area contributed by atoms with Gasteiger partial charge in [0.2, 0.25) is 0 Å². The third kappa shape index (κ3) is 1.81. The van der Waals surface area contributed by atoms with E-state index in [4.69, 9.17) is 11.2 Å². The minimum atomic E-state index is -0.423. The second-order valence-electron chi connectivity index (χ2n) is 5.56. The summed E-state index contributed by atoms with van der Waals surface area (Å²) in [6.07, 6.45) is 6.31. The first-order valence-electron chi connectivity index (χ1n) is 5.32. The van der Waals surface area contributed by atoms with Gasteiger partial charge in [-0.15, -0.1) is 6.42 Å². The molecule has 0 unspecified atom stereocenters. The van der Waals surface area contributed by atoms with Crippen LogP contribution in [0.1, 0.15) is 27.2 Å². The summed E-state index contributed by atoms with van der Waals surface area (Å²) in [5.41, 5.74) is -0.440. The van der Waals surface area contributed by atoms with Gasteiger partial charge in [-0.05, 0) is 33.1 Å². The van der Waals surface area contributed by atoms with E-state index < -0.39 is 5.60 Å². The molecule has 2 aliphatic rings. The Balaban J connectivity index is 1.93. The second kappa shape index (κ2) is 2.91. The number of likely N-dealkylation sites (tertiary alicyclic amines) is 1. The monoisotopic (exact) mass is 207 g/mol. The first-order valence-corrected chi connectivity index (χ1v) is 5.32. The smallest absolute Gasteiger partial charge is 0.410 e. The number of amides is 1. The predicted molar refractivity (Wildman–Crippen MR) is 57.2 cm³/mol. The highest BCUT2D eigenvalue weighted by Crippen LogP contribution is 2.57. The zero-order chi connectivity index (χ0) is 11.3. The molecule has 1 saturated heterocycles.